The molecule has 0 aliphatic rings. The Hall–Kier alpha value is -2.09. The fourth-order valence-electron chi connectivity index (χ4n) is 2.34. The van der Waals surface area contributed by atoms with Crippen LogP contribution in [0.1, 0.15) is 34.0 Å². The maximum atomic E-state index is 11.2. The number of nitrogens with zero attached hydrogens (tertiary/aromatic N) is 1. The van der Waals surface area contributed by atoms with E-state index >= 15 is 0 Å². The Morgan fingerprint density at radius 2 is 1.80 bits per heavy atom. The summed E-state index contributed by atoms with van der Waals surface area (Å²) in [5.41, 5.74) is 9.20. The SMILES string of the molecule is CCNC(=NCc1cccc(C)c1)NCc1cccc(C(N)=O)c1.I. The highest BCUT2D eigenvalue weighted by Gasteiger charge is 2.03. The van der Waals surface area contributed by atoms with Crippen LogP contribution in [0.25, 0.3) is 0 Å². The van der Waals surface area contributed by atoms with E-state index in [-0.39, 0.29) is 24.0 Å². The van der Waals surface area contributed by atoms with Crippen molar-refractivity contribution in [1.82, 2.24) is 10.6 Å². The van der Waals surface area contributed by atoms with Gasteiger partial charge in [-0.25, -0.2) is 4.99 Å². The van der Waals surface area contributed by atoms with Gasteiger partial charge in [-0.15, -0.1) is 24.0 Å². The Morgan fingerprint density at radius 3 is 2.48 bits per heavy atom. The first-order valence-corrected chi connectivity index (χ1v) is 8.05. The van der Waals surface area contributed by atoms with Crippen molar-refractivity contribution in [2.24, 2.45) is 10.7 Å². The van der Waals surface area contributed by atoms with Crippen LogP contribution in [0.2, 0.25) is 0 Å². The van der Waals surface area contributed by atoms with Crippen LogP contribution in [0.3, 0.4) is 0 Å². The maximum absolute atomic E-state index is 11.2. The molecule has 0 aromatic heterocycles. The molecule has 0 fully saturated rings. The minimum atomic E-state index is -0.420. The molecule has 5 nitrogen and oxygen atoms in total. The number of hydrogen-bond acceptors (Lipinski definition) is 2. The van der Waals surface area contributed by atoms with E-state index in [9.17, 15) is 4.79 Å². The third-order valence-corrected chi connectivity index (χ3v) is 3.52. The van der Waals surface area contributed by atoms with Crippen molar-refractivity contribution in [3.8, 4) is 0 Å². The molecule has 0 bridgehead atoms. The summed E-state index contributed by atoms with van der Waals surface area (Å²) in [4.78, 5) is 15.8. The van der Waals surface area contributed by atoms with Crippen LogP contribution in [0.15, 0.2) is 53.5 Å². The summed E-state index contributed by atoms with van der Waals surface area (Å²) in [6.45, 7) is 6.06. The van der Waals surface area contributed by atoms with Crippen molar-refractivity contribution in [3.05, 3.63) is 70.8 Å². The molecule has 6 heteroatoms. The fraction of sp³-hybridized carbons (Fsp3) is 0.263. The predicted octanol–water partition coefficient (Wildman–Crippen LogP) is 2.97. The molecule has 25 heavy (non-hydrogen) atoms. The minimum absolute atomic E-state index is 0. The summed E-state index contributed by atoms with van der Waals surface area (Å²) in [6, 6.07) is 15.6. The summed E-state index contributed by atoms with van der Waals surface area (Å²) >= 11 is 0. The van der Waals surface area contributed by atoms with E-state index in [4.69, 9.17) is 5.73 Å². The van der Waals surface area contributed by atoms with Gasteiger partial charge in [0.1, 0.15) is 0 Å². The molecule has 0 aliphatic heterocycles. The Labute approximate surface area is 166 Å². The average molecular weight is 452 g/mol. The highest BCUT2D eigenvalue weighted by atomic mass is 127. The van der Waals surface area contributed by atoms with Crippen molar-refractivity contribution in [1.29, 1.82) is 0 Å². The van der Waals surface area contributed by atoms with Gasteiger partial charge in [0.15, 0.2) is 5.96 Å². The van der Waals surface area contributed by atoms with Crippen molar-refractivity contribution < 1.29 is 4.79 Å². The second-order valence-corrected chi connectivity index (χ2v) is 5.60. The third-order valence-electron chi connectivity index (χ3n) is 3.52. The zero-order valence-corrected chi connectivity index (χ0v) is 16.9. The molecule has 0 heterocycles. The van der Waals surface area contributed by atoms with E-state index in [0.29, 0.717) is 18.7 Å². The van der Waals surface area contributed by atoms with Gasteiger partial charge in [-0.3, -0.25) is 4.79 Å². The molecule has 2 aromatic rings. The zero-order valence-electron chi connectivity index (χ0n) is 14.6. The number of nitrogens with one attached hydrogen (secondary N) is 2. The van der Waals surface area contributed by atoms with Crippen molar-refractivity contribution in [3.63, 3.8) is 0 Å². The number of guanidine groups is 1. The van der Waals surface area contributed by atoms with Gasteiger partial charge in [0.05, 0.1) is 6.54 Å². The number of carbonyl (C=O) groups excluding carboxylic acids is 1. The van der Waals surface area contributed by atoms with Gasteiger partial charge in [0.2, 0.25) is 5.91 Å². The number of primary amides is 1. The number of nitrogens with two attached hydrogens (primary N) is 1. The van der Waals surface area contributed by atoms with Gasteiger partial charge >= 0.3 is 0 Å². The molecule has 134 valence electrons. The lowest BCUT2D eigenvalue weighted by Gasteiger charge is -2.12. The number of halogens is 1. The number of aryl methyl sites for hydroxylation is 1. The average Bonchev–Trinajstić information content (AvgIpc) is 2.57. The molecule has 2 rings (SSSR count). The van der Waals surface area contributed by atoms with Gasteiger partial charge < -0.3 is 16.4 Å². The van der Waals surface area contributed by atoms with Crippen LogP contribution >= 0.6 is 24.0 Å². The zero-order chi connectivity index (χ0) is 17.4. The molecule has 1 amide bonds. The van der Waals surface area contributed by atoms with Crippen molar-refractivity contribution in [2.45, 2.75) is 26.9 Å². The molecular formula is C19H25IN4O. The Kier molecular flexibility index (Phi) is 8.98. The minimum Gasteiger partial charge on any atom is -0.366 e. The second-order valence-electron chi connectivity index (χ2n) is 5.60. The molecule has 0 unspecified atom stereocenters. The number of amides is 1. The van der Waals surface area contributed by atoms with Gasteiger partial charge in [0.25, 0.3) is 0 Å². The van der Waals surface area contributed by atoms with E-state index in [1.54, 1.807) is 12.1 Å². The lowest BCUT2D eigenvalue weighted by molar-refractivity contribution is 0.1000. The van der Waals surface area contributed by atoms with Crippen LogP contribution in [0, 0.1) is 6.92 Å². The largest absolute Gasteiger partial charge is 0.366 e. The summed E-state index contributed by atoms with van der Waals surface area (Å²) in [6.07, 6.45) is 0. The van der Waals surface area contributed by atoms with Gasteiger partial charge in [-0.2, -0.15) is 0 Å². The maximum Gasteiger partial charge on any atom is 0.248 e. The van der Waals surface area contributed by atoms with E-state index in [2.05, 4.69) is 40.7 Å². The highest BCUT2D eigenvalue weighted by molar-refractivity contribution is 14.0. The first-order chi connectivity index (χ1) is 11.6. The topological polar surface area (TPSA) is 79.5 Å². The normalized spacial score (nSPS) is 10.7. The van der Waals surface area contributed by atoms with Gasteiger partial charge in [0, 0.05) is 18.7 Å². The molecule has 2 aromatic carbocycles. The third kappa shape index (κ3) is 7.13. The van der Waals surface area contributed by atoms with Crippen molar-refractivity contribution in [2.75, 3.05) is 6.54 Å². The second kappa shape index (κ2) is 10.7. The van der Waals surface area contributed by atoms with E-state index < -0.39 is 5.91 Å². The van der Waals surface area contributed by atoms with E-state index in [1.165, 1.54) is 11.1 Å². The van der Waals surface area contributed by atoms with Gasteiger partial charge in [-0.05, 0) is 37.1 Å². The molecule has 0 atom stereocenters. The first kappa shape index (κ1) is 21.0. The lowest BCUT2D eigenvalue weighted by atomic mass is 10.1. The number of rotatable bonds is 6. The summed E-state index contributed by atoms with van der Waals surface area (Å²) in [5, 5.41) is 6.50. The van der Waals surface area contributed by atoms with Crippen molar-refractivity contribution >= 4 is 35.8 Å². The summed E-state index contributed by atoms with van der Waals surface area (Å²) in [7, 11) is 0. The standard InChI is InChI=1S/C19H24N4O.HI/c1-3-21-19(22-12-15-7-4-6-14(2)10-15)23-13-16-8-5-9-17(11-16)18(20)24;/h4-11H,3,12-13H2,1-2H3,(H2,20,24)(H2,21,22,23);1H. The summed E-state index contributed by atoms with van der Waals surface area (Å²) < 4.78 is 0. The Bertz CT molecular complexity index is 731. The molecule has 0 aliphatic carbocycles. The monoisotopic (exact) mass is 452 g/mol. The molecular weight excluding hydrogens is 427 g/mol. The Morgan fingerprint density at radius 1 is 1.08 bits per heavy atom. The molecule has 4 N–H and O–H groups in total. The number of hydrogen-bond donors (Lipinski definition) is 3. The molecule has 0 saturated carbocycles. The number of carbonyl (C=O) groups is 1. The lowest BCUT2D eigenvalue weighted by Crippen LogP contribution is -2.36. The first-order valence-electron chi connectivity index (χ1n) is 8.05. The van der Waals surface area contributed by atoms with Crippen LogP contribution in [-0.2, 0) is 13.1 Å². The van der Waals surface area contributed by atoms with Crippen LogP contribution in [0.4, 0.5) is 0 Å². The number of aliphatic imine (C=N–C) groups is 1. The molecule has 0 radical (unpaired) electrons. The number of benzene rings is 2. The highest BCUT2D eigenvalue weighted by Crippen LogP contribution is 2.06. The molecule has 0 saturated heterocycles. The Balaban J connectivity index is 0.00000312. The van der Waals surface area contributed by atoms with Crippen LogP contribution in [0.5, 0.6) is 0 Å². The fourth-order valence-corrected chi connectivity index (χ4v) is 2.34. The van der Waals surface area contributed by atoms with E-state index in [0.717, 1.165) is 18.1 Å². The van der Waals surface area contributed by atoms with E-state index in [1.807, 2.05) is 25.1 Å². The predicted molar refractivity (Wildman–Crippen MR) is 113 cm³/mol. The summed E-state index contributed by atoms with van der Waals surface area (Å²) in [5.74, 6) is 0.320. The van der Waals surface area contributed by atoms with Gasteiger partial charge in [-0.1, -0.05) is 42.0 Å². The quantitative estimate of drug-likeness (QED) is 0.358. The van der Waals surface area contributed by atoms with Crippen LogP contribution in [-0.4, -0.2) is 18.4 Å². The molecule has 0 spiro atoms. The van der Waals surface area contributed by atoms with Crippen LogP contribution < -0.4 is 16.4 Å². The smallest absolute Gasteiger partial charge is 0.248 e.